The van der Waals surface area contributed by atoms with Gasteiger partial charge >= 0.3 is 12.1 Å². The smallest absolute Gasteiger partial charge is 0.325 e. The number of carbonyl (C=O) groups is 3. The monoisotopic (exact) mass is 625 g/mol. The third-order valence-corrected chi connectivity index (χ3v) is 7.17. The molecule has 0 saturated carbocycles. The summed E-state index contributed by atoms with van der Waals surface area (Å²) in [4.78, 5) is 38.2. The van der Waals surface area contributed by atoms with Gasteiger partial charge < -0.3 is 41.0 Å². The van der Waals surface area contributed by atoms with E-state index < -0.39 is 24.1 Å². The number of phenolic OH excluding ortho intramolecular Hbond substituents is 2. The number of phenols is 2. The molecule has 14 nitrogen and oxygen atoms in total. The maximum Gasteiger partial charge on any atom is 0.325 e. The molecule has 1 unspecified atom stereocenters. The number of nitrogens with two attached hydrogens (primary N) is 1. The Morgan fingerprint density at radius 1 is 1.16 bits per heavy atom. The highest BCUT2D eigenvalue weighted by molar-refractivity contribution is 6.22. The van der Waals surface area contributed by atoms with E-state index in [1.807, 2.05) is 36.0 Å². The van der Waals surface area contributed by atoms with Crippen molar-refractivity contribution in [1.82, 2.24) is 20.1 Å². The summed E-state index contributed by atoms with van der Waals surface area (Å²) in [6.45, 7) is 4.93. The summed E-state index contributed by atoms with van der Waals surface area (Å²) in [5, 5.41) is 44.0. The maximum absolute atomic E-state index is 13.4. The van der Waals surface area contributed by atoms with Gasteiger partial charge in [0.05, 0.1) is 24.5 Å². The molecule has 0 aliphatic carbocycles. The average Bonchev–Trinajstić information content (AvgIpc) is 3.37. The molecule has 1 aliphatic heterocycles. The molecular weight excluding hydrogens is 589 g/mol. The fourth-order valence-corrected chi connectivity index (χ4v) is 4.81. The van der Waals surface area contributed by atoms with Crippen LogP contribution < -0.4 is 21.3 Å². The van der Waals surface area contributed by atoms with Crippen LogP contribution in [0.2, 0.25) is 0 Å². The third kappa shape index (κ3) is 7.69. The maximum atomic E-state index is 13.4. The molecule has 1 aromatic heterocycles. The van der Waals surface area contributed by atoms with Crippen LogP contribution >= 0.6 is 0 Å². The molecule has 1 aliphatic rings. The van der Waals surface area contributed by atoms with Gasteiger partial charge in [-0.3, -0.25) is 15.1 Å². The second-order valence-corrected chi connectivity index (χ2v) is 10.6. The first-order chi connectivity index (χ1) is 21.4. The van der Waals surface area contributed by atoms with Crippen molar-refractivity contribution in [2.75, 3.05) is 31.2 Å². The lowest BCUT2D eigenvalue weighted by Gasteiger charge is -2.25. The van der Waals surface area contributed by atoms with Crippen LogP contribution in [0.1, 0.15) is 37.3 Å². The molecule has 0 saturated heterocycles. The highest BCUT2D eigenvalue weighted by atomic mass is 19.1. The molecule has 45 heavy (non-hydrogen) atoms. The molecule has 0 spiro atoms. The molecule has 4 rings (SSSR count). The zero-order chi connectivity index (χ0) is 32.8. The normalized spacial score (nSPS) is 14.8. The summed E-state index contributed by atoms with van der Waals surface area (Å²) in [6.07, 6.45) is 0.956. The predicted molar refractivity (Wildman–Crippen MR) is 164 cm³/mol. The summed E-state index contributed by atoms with van der Waals surface area (Å²) in [7, 11) is 0. The minimum atomic E-state index is -1.68. The SMILES string of the molecule is CC(C)c1cc(C(=N)N(C(N)=O)c2ccc3c(ccn3CCOCCNC(=O)CCN3C=C(F)C(O)NC3=O)c2)c(O)cc1O. The van der Waals surface area contributed by atoms with Gasteiger partial charge in [0.25, 0.3) is 0 Å². The summed E-state index contributed by atoms with van der Waals surface area (Å²) >= 11 is 0. The number of urea groups is 2. The summed E-state index contributed by atoms with van der Waals surface area (Å²) in [5.74, 6) is -2.18. The number of benzene rings is 2. The Balaban J connectivity index is 1.29. The zero-order valence-electron chi connectivity index (χ0n) is 24.8. The number of carbonyl (C=O) groups excluding carboxylic acids is 3. The summed E-state index contributed by atoms with van der Waals surface area (Å²) in [6, 6.07) is 7.93. The van der Waals surface area contributed by atoms with Crippen LogP contribution in [0.4, 0.5) is 19.7 Å². The van der Waals surface area contributed by atoms with E-state index in [1.165, 1.54) is 6.07 Å². The lowest BCUT2D eigenvalue weighted by atomic mass is 9.98. The lowest BCUT2D eigenvalue weighted by Crippen LogP contribution is -2.48. The van der Waals surface area contributed by atoms with E-state index in [0.717, 1.165) is 33.0 Å². The number of rotatable bonds is 12. The Bertz CT molecular complexity index is 1640. The van der Waals surface area contributed by atoms with Crippen LogP contribution in [-0.4, -0.2) is 81.1 Å². The first-order valence-corrected chi connectivity index (χ1v) is 14.2. The van der Waals surface area contributed by atoms with E-state index in [1.54, 1.807) is 18.2 Å². The van der Waals surface area contributed by atoms with E-state index in [9.17, 15) is 34.1 Å². The molecular formula is C30H36FN7O7. The minimum absolute atomic E-state index is 0.0454. The molecule has 15 heteroatoms. The number of amidine groups is 1. The Morgan fingerprint density at radius 2 is 1.91 bits per heavy atom. The van der Waals surface area contributed by atoms with Gasteiger partial charge in [-0.25, -0.2) is 18.9 Å². The average molecular weight is 626 g/mol. The van der Waals surface area contributed by atoms with Crippen molar-refractivity contribution < 1.29 is 38.8 Å². The van der Waals surface area contributed by atoms with Gasteiger partial charge in [-0.2, -0.15) is 0 Å². The molecule has 0 bridgehead atoms. The van der Waals surface area contributed by atoms with Crippen LogP contribution in [0.15, 0.2) is 54.6 Å². The van der Waals surface area contributed by atoms with Crippen molar-refractivity contribution >= 4 is 40.4 Å². The van der Waals surface area contributed by atoms with Crippen LogP contribution in [0, 0.1) is 5.41 Å². The number of hydrogen-bond acceptors (Lipinski definition) is 8. The minimum Gasteiger partial charge on any atom is -0.508 e. The molecule has 240 valence electrons. The van der Waals surface area contributed by atoms with Crippen molar-refractivity contribution in [2.24, 2.45) is 5.73 Å². The van der Waals surface area contributed by atoms with E-state index >= 15 is 0 Å². The molecule has 5 amide bonds. The van der Waals surface area contributed by atoms with E-state index in [-0.39, 0.29) is 60.8 Å². The van der Waals surface area contributed by atoms with Crippen molar-refractivity contribution in [1.29, 1.82) is 5.41 Å². The Kier molecular flexibility index (Phi) is 10.3. The molecule has 0 fully saturated rings. The molecule has 1 atom stereocenters. The van der Waals surface area contributed by atoms with Crippen molar-refractivity contribution in [3.05, 3.63) is 65.7 Å². The molecule has 3 aromatic rings. The van der Waals surface area contributed by atoms with Gasteiger partial charge in [-0.1, -0.05) is 13.8 Å². The standard InChI is InChI=1S/C30H36FN7O7/c1-17(2)20-14-21(25(40)15-24(20)39)27(32)38(29(33)43)19-3-4-23-18(13-19)5-8-36(23)10-12-45-11-7-34-26(41)6-9-37-16-22(31)28(42)35-30(37)44/h3-5,8,13-17,28,32,39-40,42H,6-7,9-12H2,1-2H3,(H2,33,43)(H,34,41)(H,35,44). The second kappa shape index (κ2) is 14.1. The van der Waals surface area contributed by atoms with Crippen molar-refractivity contribution in [3.63, 3.8) is 0 Å². The van der Waals surface area contributed by atoms with Gasteiger partial charge in [0, 0.05) is 55.4 Å². The van der Waals surface area contributed by atoms with Crippen LogP contribution in [-0.2, 0) is 16.1 Å². The fraction of sp³-hybridized carbons (Fsp3) is 0.333. The number of nitrogens with one attached hydrogen (secondary N) is 3. The number of aliphatic hydroxyl groups excluding tert-OH is 1. The molecule has 8 N–H and O–H groups in total. The predicted octanol–water partition coefficient (Wildman–Crippen LogP) is 2.76. The largest absolute Gasteiger partial charge is 0.508 e. The number of aromatic nitrogens is 1. The zero-order valence-corrected chi connectivity index (χ0v) is 24.8. The number of anilines is 1. The first-order valence-electron chi connectivity index (χ1n) is 14.2. The summed E-state index contributed by atoms with van der Waals surface area (Å²) < 4.78 is 21.0. The number of nitrogens with zero attached hydrogens (tertiary/aromatic N) is 3. The van der Waals surface area contributed by atoms with Gasteiger partial charge in [0.2, 0.25) is 5.91 Å². The number of hydrogen-bond donors (Lipinski definition) is 7. The number of aromatic hydroxyl groups is 2. The van der Waals surface area contributed by atoms with Gasteiger partial charge in [-0.15, -0.1) is 0 Å². The first kappa shape index (κ1) is 32.8. The molecule has 0 radical (unpaired) electrons. The summed E-state index contributed by atoms with van der Waals surface area (Å²) in [5.41, 5.74) is 7.36. The second-order valence-electron chi connectivity index (χ2n) is 10.6. The Hall–Kier alpha value is -5.15. The fourth-order valence-electron chi connectivity index (χ4n) is 4.81. The topological polar surface area (TPSA) is 206 Å². The lowest BCUT2D eigenvalue weighted by molar-refractivity contribution is -0.121. The molecule has 2 heterocycles. The van der Waals surface area contributed by atoms with Crippen LogP contribution in [0.25, 0.3) is 10.9 Å². The Labute approximate surface area is 258 Å². The number of fused-ring (bicyclic) bond motifs is 1. The number of aliphatic hydroxyl groups is 1. The van der Waals surface area contributed by atoms with Crippen molar-refractivity contribution in [2.45, 2.75) is 39.0 Å². The highest BCUT2D eigenvalue weighted by Gasteiger charge is 2.26. The molecule has 2 aromatic carbocycles. The number of ether oxygens (including phenoxy) is 1. The number of primary amides is 1. The third-order valence-electron chi connectivity index (χ3n) is 7.17. The van der Waals surface area contributed by atoms with E-state index in [0.29, 0.717) is 24.4 Å². The van der Waals surface area contributed by atoms with Gasteiger partial charge in [0.1, 0.15) is 17.3 Å². The van der Waals surface area contributed by atoms with Crippen molar-refractivity contribution in [3.8, 4) is 11.5 Å². The van der Waals surface area contributed by atoms with Gasteiger partial charge in [0.15, 0.2) is 12.1 Å². The van der Waals surface area contributed by atoms with E-state index in [4.69, 9.17) is 15.9 Å². The van der Waals surface area contributed by atoms with Gasteiger partial charge in [-0.05, 0) is 41.8 Å². The van der Waals surface area contributed by atoms with Crippen LogP contribution in [0.3, 0.4) is 0 Å². The number of amides is 5. The highest BCUT2D eigenvalue weighted by Crippen LogP contribution is 2.34. The quantitative estimate of drug-likeness (QED) is 0.0909. The van der Waals surface area contributed by atoms with Crippen LogP contribution in [0.5, 0.6) is 11.5 Å². The number of halogens is 1. The Morgan fingerprint density at radius 3 is 2.62 bits per heavy atom. The van der Waals surface area contributed by atoms with E-state index in [2.05, 4.69) is 5.32 Å².